The van der Waals surface area contributed by atoms with Gasteiger partial charge in [0.15, 0.2) is 11.5 Å². The van der Waals surface area contributed by atoms with Crippen LogP contribution in [-0.4, -0.2) is 40.7 Å². The number of carbonyl (C=O) groups excluding carboxylic acids is 3. The first-order chi connectivity index (χ1) is 13.8. The Balaban J connectivity index is 1.75. The number of methoxy groups -OCH3 is 1. The molecule has 3 amide bonds. The molecule has 0 radical (unpaired) electrons. The van der Waals surface area contributed by atoms with E-state index in [-0.39, 0.29) is 27.1 Å². The average Bonchev–Trinajstić information content (AvgIpc) is 2.92. The molecule has 2 aromatic rings. The molecule has 1 aliphatic heterocycles. The van der Waals surface area contributed by atoms with Gasteiger partial charge < -0.3 is 15.2 Å². The molecular weight excluding hydrogens is 423 g/mol. The molecule has 1 saturated heterocycles. The number of anilines is 1. The Hall–Kier alpha value is -3.04. The maximum Gasteiger partial charge on any atom is 0.294 e. The van der Waals surface area contributed by atoms with Crippen LogP contribution in [0, 0.1) is 5.82 Å². The maximum atomic E-state index is 13.2. The minimum absolute atomic E-state index is 0.0179. The van der Waals surface area contributed by atoms with Gasteiger partial charge in [0.25, 0.3) is 11.1 Å². The molecule has 0 atom stereocenters. The number of hydrogen-bond acceptors (Lipinski definition) is 6. The molecule has 29 heavy (non-hydrogen) atoms. The van der Waals surface area contributed by atoms with Gasteiger partial charge >= 0.3 is 0 Å². The van der Waals surface area contributed by atoms with Gasteiger partial charge in [-0.2, -0.15) is 0 Å². The van der Waals surface area contributed by atoms with Crippen LogP contribution in [0.2, 0.25) is 5.02 Å². The van der Waals surface area contributed by atoms with E-state index in [4.69, 9.17) is 16.3 Å². The van der Waals surface area contributed by atoms with Crippen molar-refractivity contribution < 1.29 is 28.6 Å². The lowest BCUT2D eigenvalue weighted by Gasteiger charge is -2.12. The number of aromatic hydroxyl groups is 1. The number of amides is 3. The number of thioether (sulfide) groups is 1. The number of halogens is 2. The summed E-state index contributed by atoms with van der Waals surface area (Å²) in [6.45, 7) is -0.516. The summed E-state index contributed by atoms with van der Waals surface area (Å²) in [6.07, 6.45) is 1.41. The normalized spacial score (nSPS) is 15.1. The van der Waals surface area contributed by atoms with E-state index < -0.39 is 29.4 Å². The molecule has 1 aliphatic rings. The number of benzene rings is 2. The molecule has 0 aromatic heterocycles. The fraction of sp³-hybridized carbons (Fsp3) is 0.105. The molecule has 0 unspecified atom stereocenters. The standard InChI is InChI=1S/C19H14ClFN2O5S/c1-28-14-6-10(5-13(20)17(14)25)7-15-18(26)23(19(27)29-15)9-16(24)22-12-4-2-3-11(21)8-12/h2-8,25H,9H2,1H3,(H,22,24)/b15-7+. The highest BCUT2D eigenvalue weighted by molar-refractivity contribution is 8.18. The predicted molar refractivity (Wildman–Crippen MR) is 107 cm³/mol. The minimum Gasteiger partial charge on any atom is -0.503 e. The number of hydrogen-bond donors (Lipinski definition) is 2. The Bertz CT molecular complexity index is 1040. The van der Waals surface area contributed by atoms with Crippen molar-refractivity contribution in [3.05, 3.63) is 57.7 Å². The Kier molecular flexibility index (Phi) is 6.09. The van der Waals surface area contributed by atoms with Gasteiger partial charge in [-0.15, -0.1) is 0 Å². The van der Waals surface area contributed by atoms with Gasteiger partial charge in [0.1, 0.15) is 12.4 Å². The van der Waals surface area contributed by atoms with Crippen molar-refractivity contribution in [1.29, 1.82) is 0 Å². The van der Waals surface area contributed by atoms with Gasteiger partial charge in [0, 0.05) is 5.69 Å². The van der Waals surface area contributed by atoms with Gasteiger partial charge in [-0.05, 0) is 53.7 Å². The van der Waals surface area contributed by atoms with E-state index >= 15 is 0 Å². The number of rotatable bonds is 5. The molecule has 0 aliphatic carbocycles. The average molecular weight is 437 g/mol. The number of carbonyl (C=O) groups is 3. The summed E-state index contributed by atoms with van der Waals surface area (Å²) in [5, 5.41) is 11.6. The zero-order valence-electron chi connectivity index (χ0n) is 14.9. The van der Waals surface area contributed by atoms with Crippen LogP contribution in [0.15, 0.2) is 41.3 Å². The Morgan fingerprint density at radius 2 is 2.10 bits per heavy atom. The lowest BCUT2D eigenvalue weighted by atomic mass is 10.2. The summed E-state index contributed by atoms with van der Waals surface area (Å²) in [5.74, 6) is -1.96. The molecule has 1 heterocycles. The molecule has 2 aromatic carbocycles. The smallest absolute Gasteiger partial charge is 0.294 e. The van der Waals surface area contributed by atoms with Crippen LogP contribution >= 0.6 is 23.4 Å². The van der Waals surface area contributed by atoms with Crippen molar-refractivity contribution in [2.45, 2.75) is 0 Å². The molecule has 7 nitrogen and oxygen atoms in total. The second-order valence-electron chi connectivity index (χ2n) is 5.88. The third-order valence-corrected chi connectivity index (χ3v) is 5.05. The van der Waals surface area contributed by atoms with Crippen LogP contribution in [-0.2, 0) is 9.59 Å². The summed E-state index contributed by atoms with van der Waals surface area (Å²) in [6, 6.07) is 8.10. The monoisotopic (exact) mass is 436 g/mol. The zero-order chi connectivity index (χ0) is 21.1. The van der Waals surface area contributed by atoms with Gasteiger partial charge in [0.2, 0.25) is 5.91 Å². The van der Waals surface area contributed by atoms with Gasteiger partial charge in [-0.3, -0.25) is 19.3 Å². The summed E-state index contributed by atoms with van der Waals surface area (Å²) in [7, 11) is 1.35. The number of nitrogens with zero attached hydrogens (tertiary/aromatic N) is 1. The summed E-state index contributed by atoms with van der Waals surface area (Å²) < 4.78 is 18.2. The number of phenolic OH excluding ortho intramolecular Hbond substituents is 1. The first kappa shape index (κ1) is 20.7. The van der Waals surface area contributed by atoms with Gasteiger partial charge in [-0.1, -0.05) is 17.7 Å². The quantitative estimate of drug-likeness (QED) is 0.691. The lowest BCUT2D eigenvalue weighted by molar-refractivity contribution is -0.127. The van der Waals surface area contributed by atoms with Crippen LogP contribution in [0.25, 0.3) is 6.08 Å². The molecule has 0 bridgehead atoms. The van der Waals surface area contributed by atoms with E-state index in [0.717, 1.165) is 11.0 Å². The van der Waals surface area contributed by atoms with Crippen molar-refractivity contribution >= 4 is 52.2 Å². The predicted octanol–water partition coefficient (Wildman–Crippen LogP) is 3.87. The van der Waals surface area contributed by atoms with E-state index in [1.165, 1.54) is 43.5 Å². The minimum atomic E-state index is -0.655. The number of ether oxygens (including phenoxy) is 1. The molecule has 0 saturated carbocycles. The van der Waals surface area contributed by atoms with Crippen molar-refractivity contribution in [2.24, 2.45) is 0 Å². The Morgan fingerprint density at radius 1 is 1.34 bits per heavy atom. The van der Waals surface area contributed by atoms with Gasteiger partial charge in [0.05, 0.1) is 17.0 Å². The van der Waals surface area contributed by atoms with E-state index in [1.54, 1.807) is 0 Å². The van der Waals surface area contributed by atoms with E-state index in [1.807, 2.05) is 0 Å². The van der Waals surface area contributed by atoms with Gasteiger partial charge in [-0.25, -0.2) is 4.39 Å². The van der Waals surface area contributed by atoms with Crippen LogP contribution < -0.4 is 10.1 Å². The molecule has 3 rings (SSSR count). The van der Waals surface area contributed by atoms with Crippen LogP contribution in [0.1, 0.15) is 5.56 Å². The molecule has 10 heteroatoms. The molecule has 150 valence electrons. The summed E-state index contributed by atoms with van der Waals surface area (Å²) in [5.41, 5.74) is 0.641. The maximum absolute atomic E-state index is 13.2. The largest absolute Gasteiger partial charge is 0.503 e. The number of phenols is 1. The SMILES string of the molecule is COc1cc(/C=C2/SC(=O)N(CC(=O)Nc3cccc(F)c3)C2=O)cc(Cl)c1O. The Labute approximate surface area is 174 Å². The van der Waals surface area contributed by atoms with Crippen LogP contribution in [0.5, 0.6) is 11.5 Å². The highest BCUT2D eigenvalue weighted by Crippen LogP contribution is 2.37. The third kappa shape index (κ3) is 4.69. The summed E-state index contributed by atoms with van der Waals surface area (Å²) >= 11 is 6.59. The fourth-order valence-electron chi connectivity index (χ4n) is 2.53. The first-order valence-electron chi connectivity index (χ1n) is 8.15. The second-order valence-corrected chi connectivity index (χ2v) is 7.28. The summed E-state index contributed by atoms with van der Waals surface area (Å²) in [4.78, 5) is 37.7. The molecular formula is C19H14ClFN2O5S. The van der Waals surface area contributed by atoms with Crippen molar-refractivity contribution in [3.63, 3.8) is 0 Å². The Morgan fingerprint density at radius 3 is 2.79 bits per heavy atom. The number of imide groups is 1. The van der Waals surface area contributed by atoms with E-state index in [9.17, 15) is 23.9 Å². The fourth-order valence-corrected chi connectivity index (χ4v) is 3.59. The van der Waals surface area contributed by atoms with Crippen molar-refractivity contribution in [2.75, 3.05) is 19.0 Å². The highest BCUT2D eigenvalue weighted by atomic mass is 35.5. The van der Waals surface area contributed by atoms with Crippen LogP contribution in [0.3, 0.4) is 0 Å². The van der Waals surface area contributed by atoms with E-state index in [2.05, 4.69) is 5.32 Å². The third-order valence-electron chi connectivity index (χ3n) is 3.85. The molecule has 2 N–H and O–H groups in total. The van der Waals surface area contributed by atoms with Crippen molar-refractivity contribution in [1.82, 2.24) is 4.90 Å². The van der Waals surface area contributed by atoms with Crippen molar-refractivity contribution in [3.8, 4) is 11.5 Å². The topological polar surface area (TPSA) is 95.9 Å². The van der Waals surface area contributed by atoms with Crippen LogP contribution in [0.4, 0.5) is 14.9 Å². The molecule has 1 fully saturated rings. The lowest BCUT2D eigenvalue weighted by Crippen LogP contribution is -2.36. The van der Waals surface area contributed by atoms with E-state index in [0.29, 0.717) is 17.3 Å². The highest BCUT2D eigenvalue weighted by Gasteiger charge is 2.36. The number of nitrogens with one attached hydrogen (secondary N) is 1. The zero-order valence-corrected chi connectivity index (χ0v) is 16.5. The first-order valence-corrected chi connectivity index (χ1v) is 9.35. The molecule has 0 spiro atoms. The second kappa shape index (κ2) is 8.54.